The number of rotatable bonds is 6. The fourth-order valence-electron chi connectivity index (χ4n) is 3.52. The molecule has 0 aliphatic heterocycles. The van der Waals surface area contributed by atoms with Crippen molar-refractivity contribution in [1.29, 1.82) is 0 Å². The van der Waals surface area contributed by atoms with Gasteiger partial charge in [-0.2, -0.15) is 0 Å². The molecule has 2 rings (SSSR count). The molecule has 24 heavy (non-hydrogen) atoms. The van der Waals surface area contributed by atoms with Crippen LogP contribution in [0.25, 0.3) is 0 Å². The molecule has 1 aromatic carbocycles. The Morgan fingerprint density at radius 1 is 0.875 bits per heavy atom. The van der Waals surface area contributed by atoms with Crippen molar-refractivity contribution in [3.05, 3.63) is 45.5 Å². The van der Waals surface area contributed by atoms with E-state index < -0.39 is 0 Å². The summed E-state index contributed by atoms with van der Waals surface area (Å²) in [6.45, 7) is 18.0. The van der Waals surface area contributed by atoms with Crippen LogP contribution < -0.4 is 0 Å². The van der Waals surface area contributed by atoms with Crippen LogP contribution in [0.1, 0.15) is 102 Å². The number of halogens is 1. The second kappa shape index (κ2) is 7.62. The maximum Gasteiger partial charge on any atom is 0.0995 e. The van der Waals surface area contributed by atoms with Gasteiger partial charge in [-0.1, -0.05) is 78.3 Å². The fourth-order valence-corrected chi connectivity index (χ4v) is 3.97. The van der Waals surface area contributed by atoms with E-state index in [4.69, 9.17) is 16.3 Å². The molecule has 0 amide bonds. The third-order valence-electron chi connectivity index (χ3n) is 5.11. The first-order valence-electron chi connectivity index (χ1n) is 9.33. The number of ether oxygens (including phenoxy) is 1. The number of hydrogen-bond acceptors (Lipinski definition) is 1. The first kappa shape index (κ1) is 19.5. The molecule has 1 aromatic rings. The summed E-state index contributed by atoms with van der Waals surface area (Å²) in [6.07, 6.45) is 2.18. The highest BCUT2D eigenvalue weighted by molar-refractivity contribution is 6.31. The van der Waals surface area contributed by atoms with E-state index in [0.29, 0.717) is 23.7 Å². The van der Waals surface area contributed by atoms with E-state index in [1.165, 1.54) is 22.3 Å². The lowest BCUT2D eigenvalue weighted by Crippen LogP contribution is -2.30. The van der Waals surface area contributed by atoms with E-state index in [-0.39, 0.29) is 12.2 Å². The maximum atomic E-state index is 6.38. The summed E-state index contributed by atoms with van der Waals surface area (Å²) >= 11 is 6.25. The summed E-state index contributed by atoms with van der Waals surface area (Å²) in [5, 5.41) is 0.852. The van der Waals surface area contributed by atoms with Gasteiger partial charge in [0.2, 0.25) is 0 Å². The lowest BCUT2D eigenvalue weighted by Gasteiger charge is -2.35. The molecule has 0 spiro atoms. The Labute approximate surface area is 153 Å². The van der Waals surface area contributed by atoms with Gasteiger partial charge in [-0.15, -0.1) is 0 Å². The average molecular weight is 349 g/mol. The standard InChI is InChI=1S/C22H33ClO/c1-12(2)17-10-18(13(3)4)21(19(11-17)14(5)6)16(8)24-22-15(7)9-20(22)23/h9-16,22H,1-8H3/t15-,16-,22-/m1/s1. The van der Waals surface area contributed by atoms with Crippen LogP contribution in [0.2, 0.25) is 0 Å². The molecule has 3 atom stereocenters. The molecule has 0 aromatic heterocycles. The Hall–Kier alpha value is -0.790. The van der Waals surface area contributed by atoms with E-state index in [1.54, 1.807) is 0 Å². The van der Waals surface area contributed by atoms with E-state index in [2.05, 4.69) is 73.6 Å². The SMILES string of the molecule is CC(C)c1cc(C(C)C)c([C@@H](C)O[C@H]2C(Cl)=C[C@H]2C)c(C(C)C)c1. The summed E-state index contributed by atoms with van der Waals surface area (Å²) in [5.74, 6) is 1.90. The van der Waals surface area contributed by atoms with Crippen molar-refractivity contribution in [3.8, 4) is 0 Å². The van der Waals surface area contributed by atoms with E-state index in [0.717, 1.165) is 5.03 Å². The quantitative estimate of drug-likeness (QED) is 0.525. The minimum atomic E-state index is 0.0477. The Morgan fingerprint density at radius 3 is 1.71 bits per heavy atom. The van der Waals surface area contributed by atoms with Crippen LogP contribution in [0.3, 0.4) is 0 Å². The molecule has 1 aliphatic carbocycles. The predicted octanol–water partition coefficient (Wildman–Crippen LogP) is 7.28. The third kappa shape index (κ3) is 3.89. The summed E-state index contributed by atoms with van der Waals surface area (Å²) in [6, 6.07) is 4.77. The van der Waals surface area contributed by atoms with Crippen molar-refractivity contribution in [2.24, 2.45) is 5.92 Å². The summed E-state index contributed by atoms with van der Waals surface area (Å²) in [5.41, 5.74) is 5.63. The zero-order valence-electron chi connectivity index (χ0n) is 16.5. The smallest absolute Gasteiger partial charge is 0.0995 e. The number of benzene rings is 1. The molecule has 0 N–H and O–H groups in total. The molecule has 0 bridgehead atoms. The molecular weight excluding hydrogens is 316 g/mol. The second-order valence-electron chi connectivity index (χ2n) is 8.19. The van der Waals surface area contributed by atoms with Gasteiger partial charge < -0.3 is 4.74 Å². The first-order valence-corrected chi connectivity index (χ1v) is 9.71. The topological polar surface area (TPSA) is 9.23 Å². The molecule has 0 radical (unpaired) electrons. The second-order valence-corrected chi connectivity index (χ2v) is 8.62. The molecule has 0 unspecified atom stereocenters. The normalized spacial score (nSPS) is 22.1. The van der Waals surface area contributed by atoms with Crippen molar-refractivity contribution >= 4 is 11.6 Å². The van der Waals surface area contributed by atoms with E-state index in [1.807, 2.05) is 0 Å². The summed E-state index contributed by atoms with van der Waals surface area (Å²) < 4.78 is 6.38. The Balaban J connectivity index is 2.47. The molecule has 0 fully saturated rings. The van der Waals surface area contributed by atoms with Gasteiger partial charge in [0.15, 0.2) is 0 Å². The fraction of sp³-hybridized carbons (Fsp3) is 0.636. The van der Waals surface area contributed by atoms with Crippen molar-refractivity contribution < 1.29 is 4.74 Å². The van der Waals surface area contributed by atoms with Gasteiger partial charge in [0, 0.05) is 11.0 Å². The minimum absolute atomic E-state index is 0.0477. The van der Waals surface area contributed by atoms with Gasteiger partial charge in [0.25, 0.3) is 0 Å². The van der Waals surface area contributed by atoms with Crippen LogP contribution in [0.4, 0.5) is 0 Å². The van der Waals surface area contributed by atoms with Gasteiger partial charge in [-0.3, -0.25) is 0 Å². The molecule has 1 nitrogen and oxygen atoms in total. The highest BCUT2D eigenvalue weighted by Crippen LogP contribution is 2.41. The van der Waals surface area contributed by atoms with Crippen LogP contribution in [0.15, 0.2) is 23.2 Å². The molecule has 1 aliphatic rings. The molecule has 2 heteroatoms. The summed E-state index contributed by atoms with van der Waals surface area (Å²) in [7, 11) is 0. The Kier molecular flexibility index (Phi) is 6.20. The van der Waals surface area contributed by atoms with Crippen LogP contribution in [-0.4, -0.2) is 6.10 Å². The highest BCUT2D eigenvalue weighted by Gasteiger charge is 2.32. The van der Waals surface area contributed by atoms with Gasteiger partial charge in [0.1, 0.15) is 0 Å². The van der Waals surface area contributed by atoms with Crippen molar-refractivity contribution in [1.82, 2.24) is 0 Å². The van der Waals surface area contributed by atoms with Crippen LogP contribution in [0.5, 0.6) is 0 Å². The maximum absolute atomic E-state index is 6.38. The highest BCUT2D eigenvalue weighted by atomic mass is 35.5. The van der Waals surface area contributed by atoms with Gasteiger partial charge in [-0.05, 0) is 46.9 Å². The van der Waals surface area contributed by atoms with Crippen molar-refractivity contribution in [3.63, 3.8) is 0 Å². The molecule has 0 saturated carbocycles. The Bertz CT molecular complexity index is 583. The van der Waals surface area contributed by atoms with Gasteiger partial charge >= 0.3 is 0 Å². The third-order valence-corrected chi connectivity index (χ3v) is 5.45. The molecule has 0 saturated heterocycles. The largest absolute Gasteiger partial charge is 0.364 e. The zero-order chi connectivity index (χ0) is 18.2. The molecular formula is C22H33ClO. The zero-order valence-corrected chi connectivity index (χ0v) is 17.2. The summed E-state index contributed by atoms with van der Waals surface area (Å²) in [4.78, 5) is 0. The lowest BCUT2D eigenvalue weighted by atomic mass is 9.82. The van der Waals surface area contributed by atoms with Crippen LogP contribution in [-0.2, 0) is 4.74 Å². The number of hydrogen-bond donors (Lipinski definition) is 0. The van der Waals surface area contributed by atoms with Crippen molar-refractivity contribution in [2.45, 2.75) is 85.4 Å². The van der Waals surface area contributed by atoms with Crippen LogP contribution in [0, 0.1) is 5.92 Å². The predicted molar refractivity (Wildman–Crippen MR) is 105 cm³/mol. The minimum Gasteiger partial charge on any atom is -0.364 e. The van der Waals surface area contributed by atoms with Crippen LogP contribution >= 0.6 is 11.6 Å². The van der Waals surface area contributed by atoms with E-state index in [9.17, 15) is 0 Å². The molecule has 134 valence electrons. The van der Waals surface area contributed by atoms with E-state index >= 15 is 0 Å². The van der Waals surface area contributed by atoms with Gasteiger partial charge in [0.05, 0.1) is 12.2 Å². The lowest BCUT2D eigenvalue weighted by molar-refractivity contribution is -0.0101. The van der Waals surface area contributed by atoms with Gasteiger partial charge in [-0.25, -0.2) is 0 Å². The molecule has 0 heterocycles. The van der Waals surface area contributed by atoms with Crippen molar-refractivity contribution in [2.75, 3.05) is 0 Å². The first-order chi connectivity index (χ1) is 11.1. The average Bonchev–Trinajstić information content (AvgIpc) is 2.50. The Morgan fingerprint density at radius 2 is 1.38 bits per heavy atom. The monoisotopic (exact) mass is 348 g/mol.